The van der Waals surface area contributed by atoms with Crippen molar-refractivity contribution in [2.75, 3.05) is 0 Å². The van der Waals surface area contributed by atoms with Crippen molar-refractivity contribution in [2.24, 2.45) is 0 Å². The molecule has 0 aliphatic carbocycles. The topological polar surface area (TPSA) is 75.2 Å². The fourth-order valence-corrected chi connectivity index (χ4v) is 1.95. The summed E-state index contributed by atoms with van der Waals surface area (Å²) in [5.74, 6) is 0.897. The van der Waals surface area contributed by atoms with Gasteiger partial charge < -0.3 is 14.5 Å². The standard InChI is InChI=1S/C12H14N6/c1-9-11(17-8-15-9)12-14-3-5-18(12)4-2-10-6-13-7-16-10/h3,5-8H,2,4H2,1H3,(H,13,16)(H,15,17). The van der Waals surface area contributed by atoms with Crippen LogP contribution in [0.1, 0.15) is 11.4 Å². The van der Waals surface area contributed by atoms with Crippen molar-refractivity contribution in [3.63, 3.8) is 0 Å². The fourth-order valence-electron chi connectivity index (χ4n) is 1.95. The molecule has 0 aromatic carbocycles. The first-order valence-electron chi connectivity index (χ1n) is 5.83. The maximum absolute atomic E-state index is 4.37. The Morgan fingerprint density at radius 1 is 1.22 bits per heavy atom. The number of nitrogens with zero attached hydrogens (tertiary/aromatic N) is 4. The van der Waals surface area contributed by atoms with Gasteiger partial charge in [0.05, 0.1) is 12.7 Å². The minimum atomic E-state index is 0.851. The molecule has 0 atom stereocenters. The molecular weight excluding hydrogens is 228 g/mol. The number of nitrogens with one attached hydrogen (secondary N) is 2. The Morgan fingerprint density at radius 2 is 2.17 bits per heavy atom. The van der Waals surface area contributed by atoms with Crippen molar-refractivity contribution in [3.8, 4) is 11.5 Å². The lowest BCUT2D eigenvalue weighted by atomic mass is 10.3. The van der Waals surface area contributed by atoms with Gasteiger partial charge in [0.1, 0.15) is 5.69 Å². The third kappa shape index (κ3) is 1.92. The molecule has 3 aromatic heterocycles. The second-order valence-electron chi connectivity index (χ2n) is 4.15. The molecule has 0 unspecified atom stereocenters. The summed E-state index contributed by atoms with van der Waals surface area (Å²) < 4.78 is 2.10. The monoisotopic (exact) mass is 242 g/mol. The van der Waals surface area contributed by atoms with Crippen molar-refractivity contribution < 1.29 is 0 Å². The first kappa shape index (κ1) is 10.8. The second-order valence-corrected chi connectivity index (χ2v) is 4.15. The summed E-state index contributed by atoms with van der Waals surface area (Å²) in [7, 11) is 0. The van der Waals surface area contributed by atoms with Crippen LogP contribution >= 0.6 is 0 Å². The van der Waals surface area contributed by atoms with Gasteiger partial charge in [-0.1, -0.05) is 0 Å². The maximum Gasteiger partial charge on any atom is 0.160 e. The molecule has 0 aliphatic heterocycles. The predicted octanol–water partition coefficient (Wildman–Crippen LogP) is 1.55. The highest BCUT2D eigenvalue weighted by atomic mass is 15.1. The number of imidazole rings is 3. The van der Waals surface area contributed by atoms with Crippen LogP contribution in [-0.4, -0.2) is 29.5 Å². The number of H-pyrrole nitrogens is 2. The molecule has 0 radical (unpaired) electrons. The van der Waals surface area contributed by atoms with Crippen LogP contribution in [0.3, 0.4) is 0 Å². The Labute approximate surface area is 104 Å². The zero-order chi connectivity index (χ0) is 12.4. The van der Waals surface area contributed by atoms with Gasteiger partial charge in [-0.25, -0.2) is 15.0 Å². The molecule has 0 bridgehead atoms. The average Bonchev–Trinajstić information content (AvgIpc) is 3.06. The Kier molecular flexibility index (Phi) is 2.68. The SMILES string of the molecule is Cc1[nH]cnc1-c1nccn1CCc1cnc[nH]1. The zero-order valence-electron chi connectivity index (χ0n) is 10.1. The maximum atomic E-state index is 4.37. The summed E-state index contributed by atoms with van der Waals surface area (Å²) in [6.45, 7) is 2.85. The van der Waals surface area contributed by atoms with Gasteiger partial charge in [0, 0.05) is 42.9 Å². The second kappa shape index (κ2) is 4.48. The molecule has 2 N–H and O–H groups in total. The molecule has 6 nitrogen and oxygen atoms in total. The molecule has 0 saturated carbocycles. The molecule has 18 heavy (non-hydrogen) atoms. The normalized spacial score (nSPS) is 10.9. The van der Waals surface area contributed by atoms with E-state index in [1.54, 1.807) is 18.9 Å². The highest BCUT2D eigenvalue weighted by Gasteiger charge is 2.11. The number of hydrogen-bond acceptors (Lipinski definition) is 3. The molecular formula is C12H14N6. The van der Waals surface area contributed by atoms with Gasteiger partial charge in [0.15, 0.2) is 5.82 Å². The molecule has 6 heteroatoms. The first-order valence-corrected chi connectivity index (χ1v) is 5.83. The summed E-state index contributed by atoms with van der Waals surface area (Å²) in [6, 6.07) is 0. The Morgan fingerprint density at radius 3 is 2.89 bits per heavy atom. The lowest BCUT2D eigenvalue weighted by molar-refractivity contribution is 0.692. The van der Waals surface area contributed by atoms with Gasteiger partial charge >= 0.3 is 0 Å². The Hall–Kier alpha value is -2.37. The molecule has 0 aliphatic rings. The van der Waals surface area contributed by atoms with Crippen molar-refractivity contribution >= 4 is 0 Å². The van der Waals surface area contributed by atoms with Crippen LogP contribution in [0.4, 0.5) is 0 Å². The van der Waals surface area contributed by atoms with Crippen LogP contribution in [0, 0.1) is 6.92 Å². The third-order valence-electron chi connectivity index (χ3n) is 2.93. The van der Waals surface area contributed by atoms with Crippen molar-refractivity contribution in [2.45, 2.75) is 19.9 Å². The number of rotatable bonds is 4. The zero-order valence-corrected chi connectivity index (χ0v) is 10.1. The van der Waals surface area contributed by atoms with E-state index >= 15 is 0 Å². The minimum absolute atomic E-state index is 0.851. The number of aromatic nitrogens is 6. The van der Waals surface area contributed by atoms with Gasteiger partial charge in [-0.3, -0.25) is 0 Å². The van der Waals surface area contributed by atoms with E-state index in [4.69, 9.17) is 0 Å². The van der Waals surface area contributed by atoms with Crippen LogP contribution < -0.4 is 0 Å². The molecule has 0 fully saturated rings. The quantitative estimate of drug-likeness (QED) is 0.728. The summed E-state index contributed by atoms with van der Waals surface area (Å²) in [5.41, 5.74) is 3.06. The third-order valence-corrected chi connectivity index (χ3v) is 2.93. The van der Waals surface area contributed by atoms with Gasteiger partial charge in [-0.05, 0) is 6.92 Å². The molecule has 3 heterocycles. The summed E-state index contributed by atoms with van der Waals surface area (Å²) in [6.07, 6.45) is 9.90. The highest BCUT2D eigenvalue weighted by Crippen LogP contribution is 2.17. The van der Waals surface area contributed by atoms with Crippen LogP contribution in [0.15, 0.2) is 31.2 Å². The number of aromatic amines is 2. The van der Waals surface area contributed by atoms with Crippen LogP contribution in [0.25, 0.3) is 11.5 Å². The van der Waals surface area contributed by atoms with E-state index < -0.39 is 0 Å². The van der Waals surface area contributed by atoms with E-state index in [1.165, 1.54) is 0 Å². The smallest absolute Gasteiger partial charge is 0.160 e. The molecule has 0 spiro atoms. The van der Waals surface area contributed by atoms with Crippen LogP contribution in [0.2, 0.25) is 0 Å². The van der Waals surface area contributed by atoms with Crippen molar-refractivity contribution in [1.82, 2.24) is 29.5 Å². The van der Waals surface area contributed by atoms with E-state index in [-0.39, 0.29) is 0 Å². The van der Waals surface area contributed by atoms with Gasteiger partial charge in [0.2, 0.25) is 0 Å². The molecule has 92 valence electrons. The lowest BCUT2D eigenvalue weighted by Crippen LogP contribution is -2.03. The molecule has 0 saturated heterocycles. The van der Waals surface area contributed by atoms with Gasteiger partial charge in [0.25, 0.3) is 0 Å². The highest BCUT2D eigenvalue weighted by molar-refractivity contribution is 5.52. The largest absolute Gasteiger partial charge is 0.348 e. The van der Waals surface area contributed by atoms with E-state index in [0.29, 0.717) is 0 Å². The van der Waals surface area contributed by atoms with Crippen molar-refractivity contribution in [1.29, 1.82) is 0 Å². The summed E-state index contributed by atoms with van der Waals surface area (Å²) in [4.78, 5) is 18.9. The summed E-state index contributed by atoms with van der Waals surface area (Å²) in [5, 5.41) is 0. The molecule has 0 amide bonds. The predicted molar refractivity (Wildman–Crippen MR) is 66.8 cm³/mol. The van der Waals surface area contributed by atoms with E-state index in [2.05, 4.69) is 29.5 Å². The van der Waals surface area contributed by atoms with E-state index in [9.17, 15) is 0 Å². The lowest BCUT2D eigenvalue weighted by Gasteiger charge is -2.05. The Balaban J connectivity index is 1.82. The minimum Gasteiger partial charge on any atom is -0.348 e. The van der Waals surface area contributed by atoms with Crippen molar-refractivity contribution in [3.05, 3.63) is 42.6 Å². The van der Waals surface area contributed by atoms with Crippen LogP contribution in [0.5, 0.6) is 0 Å². The number of aryl methyl sites for hydroxylation is 3. The summed E-state index contributed by atoms with van der Waals surface area (Å²) >= 11 is 0. The van der Waals surface area contributed by atoms with E-state index in [0.717, 1.165) is 35.9 Å². The number of hydrogen-bond donors (Lipinski definition) is 2. The Bertz CT molecular complexity index is 619. The fraction of sp³-hybridized carbons (Fsp3) is 0.250. The molecule has 3 aromatic rings. The van der Waals surface area contributed by atoms with Gasteiger partial charge in [-0.15, -0.1) is 0 Å². The van der Waals surface area contributed by atoms with E-state index in [1.807, 2.05) is 19.3 Å². The molecule has 3 rings (SSSR count). The average molecular weight is 242 g/mol. The first-order chi connectivity index (χ1) is 8.84. The van der Waals surface area contributed by atoms with Gasteiger partial charge in [-0.2, -0.15) is 0 Å². The van der Waals surface area contributed by atoms with Crippen LogP contribution in [-0.2, 0) is 13.0 Å².